The van der Waals surface area contributed by atoms with Gasteiger partial charge in [-0.3, -0.25) is 4.98 Å². The Bertz CT molecular complexity index is 353. The maximum absolute atomic E-state index is 4.13. The molecule has 0 saturated heterocycles. The molecule has 0 aliphatic heterocycles. The molecule has 1 radical (unpaired) electrons. The SMILES string of the molecule is Brc1cnc2c[c][nH]c2c1. The van der Waals surface area contributed by atoms with Gasteiger partial charge < -0.3 is 4.98 Å². The molecular weight excluding hydrogens is 192 g/mol. The van der Waals surface area contributed by atoms with Crippen molar-refractivity contribution in [3.8, 4) is 0 Å². The average Bonchev–Trinajstić information content (AvgIpc) is 2.33. The number of aromatic nitrogens is 2. The van der Waals surface area contributed by atoms with E-state index in [9.17, 15) is 0 Å². The minimum absolute atomic E-state index is 0.947. The van der Waals surface area contributed by atoms with Crippen LogP contribution >= 0.6 is 15.9 Å². The van der Waals surface area contributed by atoms with E-state index in [1.807, 2.05) is 12.1 Å². The normalized spacial score (nSPS) is 10.5. The van der Waals surface area contributed by atoms with Gasteiger partial charge in [-0.15, -0.1) is 0 Å². The highest BCUT2D eigenvalue weighted by Gasteiger charge is 1.94. The Morgan fingerprint density at radius 2 is 2.50 bits per heavy atom. The third-order valence-corrected chi connectivity index (χ3v) is 1.73. The van der Waals surface area contributed by atoms with E-state index in [1.54, 1.807) is 6.20 Å². The highest BCUT2D eigenvalue weighted by Crippen LogP contribution is 2.14. The van der Waals surface area contributed by atoms with Crippen LogP contribution in [0.1, 0.15) is 0 Å². The van der Waals surface area contributed by atoms with E-state index in [-0.39, 0.29) is 0 Å². The van der Waals surface area contributed by atoms with Gasteiger partial charge in [0.25, 0.3) is 0 Å². The van der Waals surface area contributed by atoms with Crippen LogP contribution in [0.2, 0.25) is 0 Å². The summed E-state index contributed by atoms with van der Waals surface area (Å²) in [6.45, 7) is 0. The van der Waals surface area contributed by atoms with Gasteiger partial charge in [-0.05, 0) is 28.1 Å². The lowest BCUT2D eigenvalue weighted by Crippen LogP contribution is -1.72. The number of aromatic amines is 1. The minimum Gasteiger partial charge on any atom is -0.352 e. The molecule has 2 nitrogen and oxygen atoms in total. The Balaban J connectivity index is 2.86. The van der Waals surface area contributed by atoms with Crippen molar-refractivity contribution in [2.45, 2.75) is 0 Å². The van der Waals surface area contributed by atoms with Crippen LogP contribution in [0, 0.1) is 6.20 Å². The molecule has 0 aromatic carbocycles. The number of fused-ring (bicyclic) bond motifs is 1. The van der Waals surface area contributed by atoms with Crippen molar-refractivity contribution in [2.75, 3.05) is 0 Å². The van der Waals surface area contributed by atoms with Crippen molar-refractivity contribution in [3.63, 3.8) is 0 Å². The van der Waals surface area contributed by atoms with E-state index >= 15 is 0 Å². The fourth-order valence-corrected chi connectivity index (χ4v) is 1.18. The summed E-state index contributed by atoms with van der Waals surface area (Å²) in [5.74, 6) is 0. The van der Waals surface area contributed by atoms with Crippen LogP contribution in [0.25, 0.3) is 11.0 Å². The number of nitrogens with one attached hydrogen (secondary N) is 1. The van der Waals surface area contributed by atoms with Gasteiger partial charge in [0.1, 0.15) is 0 Å². The number of nitrogens with zero attached hydrogens (tertiary/aromatic N) is 1. The van der Waals surface area contributed by atoms with Crippen molar-refractivity contribution in [3.05, 3.63) is 29.0 Å². The Morgan fingerprint density at radius 1 is 1.60 bits per heavy atom. The van der Waals surface area contributed by atoms with Crippen molar-refractivity contribution in [1.82, 2.24) is 9.97 Å². The van der Waals surface area contributed by atoms with Crippen molar-refractivity contribution in [2.24, 2.45) is 0 Å². The monoisotopic (exact) mass is 195 g/mol. The maximum Gasteiger partial charge on any atom is 0.0886 e. The highest BCUT2D eigenvalue weighted by molar-refractivity contribution is 9.10. The number of halogens is 1. The summed E-state index contributed by atoms with van der Waals surface area (Å²) in [4.78, 5) is 7.07. The minimum atomic E-state index is 0.947. The van der Waals surface area contributed by atoms with Gasteiger partial charge in [0.15, 0.2) is 0 Å². The number of pyridine rings is 1. The lowest BCUT2D eigenvalue weighted by atomic mass is 10.4. The van der Waals surface area contributed by atoms with Gasteiger partial charge in [0.05, 0.1) is 17.2 Å². The highest BCUT2D eigenvalue weighted by atomic mass is 79.9. The zero-order valence-electron chi connectivity index (χ0n) is 5.06. The summed E-state index contributed by atoms with van der Waals surface area (Å²) in [6, 6.07) is 3.79. The summed E-state index contributed by atoms with van der Waals surface area (Å²) >= 11 is 3.32. The molecule has 1 N–H and O–H groups in total. The second-order valence-corrected chi connectivity index (χ2v) is 2.92. The van der Waals surface area contributed by atoms with E-state index < -0.39 is 0 Å². The Morgan fingerprint density at radius 3 is 3.40 bits per heavy atom. The van der Waals surface area contributed by atoms with Gasteiger partial charge in [-0.2, -0.15) is 0 Å². The first-order chi connectivity index (χ1) is 4.86. The van der Waals surface area contributed by atoms with Crippen LogP contribution in [-0.4, -0.2) is 9.97 Å². The lowest BCUT2D eigenvalue weighted by molar-refractivity contribution is 1.38. The smallest absolute Gasteiger partial charge is 0.0886 e. The first-order valence-corrected chi connectivity index (χ1v) is 3.66. The van der Waals surface area contributed by atoms with Crippen LogP contribution in [0.15, 0.2) is 22.8 Å². The molecule has 2 rings (SSSR count). The van der Waals surface area contributed by atoms with E-state index in [0.29, 0.717) is 0 Å². The van der Waals surface area contributed by atoms with Crippen LogP contribution in [-0.2, 0) is 0 Å². The molecular formula is C7H4BrN2. The molecule has 0 atom stereocenters. The fourth-order valence-electron chi connectivity index (χ4n) is 0.847. The molecule has 0 fully saturated rings. The summed E-state index contributed by atoms with van der Waals surface area (Å²) in [6.07, 6.45) is 4.62. The van der Waals surface area contributed by atoms with Gasteiger partial charge in [-0.1, -0.05) is 0 Å². The van der Waals surface area contributed by atoms with Gasteiger partial charge >= 0.3 is 0 Å². The second-order valence-electron chi connectivity index (χ2n) is 2.00. The van der Waals surface area contributed by atoms with E-state index in [0.717, 1.165) is 15.5 Å². The summed E-state index contributed by atoms with van der Waals surface area (Å²) in [5.41, 5.74) is 1.96. The van der Waals surface area contributed by atoms with E-state index in [2.05, 4.69) is 32.1 Å². The summed E-state index contributed by atoms with van der Waals surface area (Å²) in [5, 5.41) is 0. The fraction of sp³-hybridized carbons (Fsp3) is 0. The molecule has 0 aliphatic carbocycles. The largest absolute Gasteiger partial charge is 0.352 e. The summed E-state index contributed by atoms with van der Waals surface area (Å²) in [7, 11) is 0. The number of rotatable bonds is 0. The molecule has 0 amide bonds. The quantitative estimate of drug-likeness (QED) is 0.686. The molecule has 0 unspecified atom stereocenters. The Labute approximate surface area is 66.4 Å². The predicted molar refractivity (Wildman–Crippen MR) is 42.6 cm³/mol. The molecule has 49 valence electrons. The van der Waals surface area contributed by atoms with Gasteiger partial charge in [0, 0.05) is 10.7 Å². The molecule has 0 saturated carbocycles. The molecule has 10 heavy (non-hydrogen) atoms. The zero-order valence-corrected chi connectivity index (χ0v) is 6.64. The molecule has 0 bridgehead atoms. The Hall–Kier alpha value is -0.830. The summed E-state index contributed by atoms with van der Waals surface area (Å²) < 4.78 is 0.982. The third-order valence-electron chi connectivity index (χ3n) is 1.30. The van der Waals surface area contributed by atoms with Gasteiger partial charge in [-0.25, -0.2) is 0 Å². The first kappa shape index (κ1) is 5.92. The van der Waals surface area contributed by atoms with Crippen molar-refractivity contribution < 1.29 is 0 Å². The second kappa shape index (κ2) is 2.09. The van der Waals surface area contributed by atoms with E-state index in [1.165, 1.54) is 0 Å². The number of hydrogen-bond acceptors (Lipinski definition) is 1. The van der Waals surface area contributed by atoms with Crippen molar-refractivity contribution >= 4 is 27.0 Å². The molecule has 2 aromatic rings. The molecule has 2 heterocycles. The Kier molecular flexibility index (Phi) is 1.24. The standard InChI is InChI=1S/C7H4BrN2/c8-5-3-7-6(10-4-5)1-2-9-7/h1,3-4,9H. The van der Waals surface area contributed by atoms with E-state index in [4.69, 9.17) is 0 Å². The maximum atomic E-state index is 4.13. The number of H-pyrrole nitrogens is 1. The van der Waals surface area contributed by atoms with Crippen LogP contribution in [0.5, 0.6) is 0 Å². The molecule has 3 heteroatoms. The first-order valence-electron chi connectivity index (χ1n) is 2.86. The molecule has 0 aliphatic rings. The van der Waals surface area contributed by atoms with Crippen LogP contribution < -0.4 is 0 Å². The predicted octanol–water partition coefficient (Wildman–Crippen LogP) is 2.13. The molecule has 0 spiro atoms. The lowest BCUT2D eigenvalue weighted by Gasteiger charge is -1.88. The van der Waals surface area contributed by atoms with Crippen LogP contribution in [0.3, 0.4) is 0 Å². The van der Waals surface area contributed by atoms with Crippen LogP contribution in [0.4, 0.5) is 0 Å². The van der Waals surface area contributed by atoms with Gasteiger partial charge in [0.2, 0.25) is 0 Å². The molecule has 2 aromatic heterocycles. The average molecular weight is 196 g/mol. The topological polar surface area (TPSA) is 28.7 Å². The van der Waals surface area contributed by atoms with Crippen molar-refractivity contribution in [1.29, 1.82) is 0 Å². The third kappa shape index (κ3) is 0.827. The zero-order chi connectivity index (χ0) is 6.97. The number of hydrogen-bond donors (Lipinski definition) is 1.